The number of amides is 2. The summed E-state index contributed by atoms with van der Waals surface area (Å²) >= 11 is 0. The highest BCUT2D eigenvalue weighted by Crippen LogP contribution is 2.22. The molecule has 0 fully saturated rings. The van der Waals surface area contributed by atoms with Crippen molar-refractivity contribution in [3.8, 4) is 5.75 Å². The fourth-order valence-corrected chi connectivity index (χ4v) is 2.71. The zero-order chi connectivity index (χ0) is 21.3. The predicted octanol–water partition coefficient (Wildman–Crippen LogP) is 3.09. The number of carbonyl (C=O) groups is 3. The fourth-order valence-electron chi connectivity index (χ4n) is 2.71. The largest absolute Gasteiger partial charge is 0.482 e. The van der Waals surface area contributed by atoms with Crippen molar-refractivity contribution >= 4 is 23.7 Å². The van der Waals surface area contributed by atoms with Crippen molar-refractivity contribution < 1.29 is 28.6 Å². The van der Waals surface area contributed by atoms with E-state index in [1.165, 1.54) is 22.2 Å². The van der Waals surface area contributed by atoms with E-state index in [1.54, 1.807) is 31.2 Å². The van der Waals surface area contributed by atoms with E-state index < -0.39 is 12.1 Å². The van der Waals surface area contributed by atoms with Crippen molar-refractivity contribution in [2.75, 3.05) is 24.7 Å². The molecule has 0 N–H and O–H groups in total. The normalized spacial score (nSPS) is 13.2. The van der Waals surface area contributed by atoms with E-state index in [1.807, 2.05) is 30.3 Å². The molecule has 2 aromatic rings. The summed E-state index contributed by atoms with van der Waals surface area (Å²) in [7, 11) is 0. The highest BCUT2D eigenvalue weighted by Gasteiger charge is 2.25. The van der Waals surface area contributed by atoms with Gasteiger partial charge < -0.3 is 14.2 Å². The second-order valence-corrected chi connectivity index (χ2v) is 6.32. The summed E-state index contributed by atoms with van der Waals surface area (Å²) in [5.41, 5.74) is 1.47. The molecule has 156 valence electrons. The summed E-state index contributed by atoms with van der Waals surface area (Å²) < 4.78 is 15.4. The van der Waals surface area contributed by atoms with Crippen LogP contribution in [-0.4, -0.2) is 42.6 Å². The van der Waals surface area contributed by atoms with Crippen molar-refractivity contribution in [1.29, 1.82) is 0 Å². The van der Waals surface area contributed by atoms with Crippen LogP contribution in [-0.2, 0) is 25.7 Å². The monoisotopic (exact) mass is 410 g/mol. The van der Waals surface area contributed by atoms with Gasteiger partial charge in [0, 0.05) is 18.1 Å². The molecule has 0 saturated carbocycles. The number of benzene rings is 2. The zero-order valence-electron chi connectivity index (χ0n) is 16.5. The number of hydrogen-bond acceptors (Lipinski definition) is 6. The van der Waals surface area contributed by atoms with Gasteiger partial charge in [0.15, 0.2) is 6.61 Å². The second kappa shape index (κ2) is 10.1. The summed E-state index contributed by atoms with van der Waals surface area (Å²) in [6, 6.07) is 16.0. The number of hydrogen-bond donors (Lipinski definition) is 0. The Morgan fingerprint density at radius 3 is 2.37 bits per heavy atom. The fraction of sp³-hybridized carbons (Fsp3) is 0.227. The molecular formula is C22H22N2O6. The van der Waals surface area contributed by atoms with E-state index in [2.05, 4.69) is 0 Å². The van der Waals surface area contributed by atoms with Crippen LogP contribution in [0.2, 0.25) is 0 Å². The lowest BCUT2D eigenvalue weighted by molar-refractivity contribution is -0.145. The number of ether oxygens (including phenoxy) is 3. The molecule has 30 heavy (non-hydrogen) atoms. The van der Waals surface area contributed by atoms with Crippen LogP contribution in [0.3, 0.4) is 0 Å². The van der Waals surface area contributed by atoms with Gasteiger partial charge in [-0.25, -0.2) is 9.59 Å². The lowest BCUT2D eigenvalue weighted by Gasteiger charge is -2.28. The minimum atomic E-state index is -0.592. The third-order valence-electron chi connectivity index (χ3n) is 4.19. The molecule has 1 aliphatic heterocycles. The summed E-state index contributed by atoms with van der Waals surface area (Å²) in [6.07, 6.45) is 2.41. The Labute approximate surface area is 174 Å². The Bertz CT molecular complexity index is 911. The van der Waals surface area contributed by atoms with Crippen LogP contribution in [0.15, 0.2) is 67.0 Å². The molecule has 3 rings (SSSR count). The summed E-state index contributed by atoms with van der Waals surface area (Å²) in [6.45, 7) is 1.83. The maximum absolute atomic E-state index is 12.5. The van der Waals surface area contributed by atoms with E-state index >= 15 is 0 Å². The maximum atomic E-state index is 12.5. The first-order valence-electron chi connectivity index (χ1n) is 9.43. The number of nitrogens with zero attached hydrogens (tertiary/aromatic N) is 2. The standard InChI is InChI=1S/C22H22N2O6/c1-2-28-21(26)16-29-19-10-8-18(9-11-19)24-13-12-23(14-20(24)25)22(27)30-15-17-6-4-3-5-7-17/h3-13H,2,14-16H2,1H3. The molecule has 0 saturated heterocycles. The average Bonchev–Trinajstić information content (AvgIpc) is 2.77. The van der Waals surface area contributed by atoms with E-state index in [-0.39, 0.29) is 25.7 Å². The Balaban J connectivity index is 1.55. The number of esters is 1. The lowest BCUT2D eigenvalue weighted by Crippen LogP contribution is -2.42. The minimum absolute atomic E-state index is 0.134. The first kappa shape index (κ1) is 20.9. The first-order valence-corrected chi connectivity index (χ1v) is 9.43. The van der Waals surface area contributed by atoms with Gasteiger partial charge in [-0.05, 0) is 36.8 Å². The zero-order valence-corrected chi connectivity index (χ0v) is 16.5. The van der Waals surface area contributed by atoms with Gasteiger partial charge in [-0.2, -0.15) is 0 Å². The Morgan fingerprint density at radius 2 is 1.70 bits per heavy atom. The Kier molecular flexibility index (Phi) is 7.05. The molecule has 8 heteroatoms. The van der Waals surface area contributed by atoms with Gasteiger partial charge in [-0.1, -0.05) is 30.3 Å². The van der Waals surface area contributed by atoms with E-state index in [0.29, 0.717) is 18.0 Å². The third-order valence-corrected chi connectivity index (χ3v) is 4.19. The molecule has 8 nitrogen and oxygen atoms in total. The molecule has 0 aliphatic carbocycles. The second-order valence-electron chi connectivity index (χ2n) is 6.32. The van der Waals surface area contributed by atoms with Crippen LogP contribution in [0.25, 0.3) is 0 Å². The molecule has 2 aromatic carbocycles. The summed E-state index contributed by atoms with van der Waals surface area (Å²) in [5.74, 6) is -0.254. The quantitative estimate of drug-likeness (QED) is 0.652. The molecule has 2 amide bonds. The smallest absolute Gasteiger partial charge is 0.414 e. The van der Waals surface area contributed by atoms with E-state index in [0.717, 1.165) is 5.56 Å². The molecular weight excluding hydrogens is 388 g/mol. The molecule has 0 radical (unpaired) electrons. The van der Waals surface area contributed by atoms with Crippen molar-refractivity contribution in [1.82, 2.24) is 4.90 Å². The molecule has 0 bridgehead atoms. The molecule has 1 aliphatic rings. The predicted molar refractivity (Wildman–Crippen MR) is 109 cm³/mol. The lowest BCUT2D eigenvalue weighted by atomic mass is 10.2. The van der Waals surface area contributed by atoms with Crippen LogP contribution in [0.5, 0.6) is 5.75 Å². The number of carbonyl (C=O) groups excluding carboxylic acids is 3. The van der Waals surface area contributed by atoms with Crippen molar-refractivity contribution in [2.45, 2.75) is 13.5 Å². The van der Waals surface area contributed by atoms with Gasteiger partial charge in [0.1, 0.15) is 18.9 Å². The Morgan fingerprint density at radius 1 is 0.967 bits per heavy atom. The highest BCUT2D eigenvalue weighted by atomic mass is 16.6. The van der Waals surface area contributed by atoms with Gasteiger partial charge in [-0.3, -0.25) is 14.6 Å². The minimum Gasteiger partial charge on any atom is -0.482 e. The average molecular weight is 410 g/mol. The summed E-state index contributed by atoms with van der Waals surface area (Å²) in [5, 5.41) is 0. The van der Waals surface area contributed by atoms with E-state index in [4.69, 9.17) is 14.2 Å². The first-order chi connectivity index (χ1) is 14.6. The molecule has 1 heterocycles. The highest BCUT2D eigenvalue weighted by molar-refractivity contribution is 5.99. The van der Waals surface area contributed by atoms with Crippen LogP contribution < -0.4 is 9.64 Å². The van der Waals surface area contributed by atoms with Crippen molar-refractivity contribution in [2.24, 2.45) is 0 Å². The third kappa shape index (κ3) is 5.60. The van der Waals surface area contributed by atoms with Crippen LogP contribution in [0.1, 0.15) is 12.5 Å². The van der Waals surface area contributed by atoms with Gasteiger partial charge in [0.05, 0.1) is 6.61 Å². The van der Waals surface area contributed by atoms with Gasteiger partial charge in [-0.15, -0.1) is 0 Å². The number of anilines is 1. The molecule has 0 unspecified atom stereocenters. The molecule has 0 aromatic heterocycles. The van der Waals surface area contributed by atoms with Gasteiger partial charge in [0.2, 0.25) is 0 Å². The van der Waals surface area contributed by atoms with Crippen LogP contribution in [0, 0.1) is 0 Å². The molecule has 0 spiro atoms. The topological polar surface area (TPSA) is 85.4 Å². The van der Waals surface area contributed by atoms with Gasteiger partial charge >= 0.3 is 12.1 Å². The van der Waals surface area contributed by atoms with E-state index in [9.17, 15) is 14.4 Å². The van der Waals surface area contributed by atoms with Crippen LogP contribution >= 0.6 is 0 Å². The molecule has 0 atom stereocenters. The van der Waals surface area contributed by atoms with Crippen molar-refractivity contribution in [3.05, 3.63) is 72.6 Å². The maximum Gasteiger partial charge on any atom is 0.414 e. The Hall–Kier alpha value is -3.81. The van der Waals surface area contributed by atoms with Gasteiger partial charge in [0.25, 0.3) is 5.91 Å². The number of rotatable bonds is 7. The van der Waals surface area contributed by atoms with Crippen molar-refractivity contribution in [3.63, 3.8) is 0 Å². The summed E-state index contributed by atoms with van der Waals surface area (Å²) in [4.78, 5) is 38.7. The SMILES string of the molecule is CCOC(=O)COc1ccc(N2C=CN(C(=O)OCc3ccccc3)CC2=O)cc1. The van der Waals surface area contributed by atoms with Crippen LogP contribution in [0.4, 0.5) is 10.5 Å².